The highest BCUT2D eigenvalue weighted by Gasteiger charge is 2.27. The fourth-order valence-corrected chi connectivity index (χ4v) is 2.70. The van der Waals surface area contributed by atoms with Gasteiger partial charge in [0.05, 0.1) is 11.0 Å². The predicted molar refractivity (Wildman–Crippen MR) is 101 cm³/mol. The van der Waals surface area contributed by atoms with Crippen molar-refractivity contribution < 1.29 is 9.59 Å². The van der Waals surface area contributed by atoms with E-state index in [0.717, 1.165) is 5.56 Å². The van der Waals surface area contributed by atoms with Gasteiger partial charge in [-0.15, -0.1) is 0 Å². The number of anilines is 1. The van der Waals surface area contributed by atoms with Crippen LogP contribution < -0.4 is 16.6 Å². The van der Waals surface area contributed by atoms with Crippen LogP contribution in [0.5, 0.6) is 0 Å². The summed E-state index contributed by atoms with van der Waals surface area (Å²) in [5.41, 5.74) is 6.49. The summed E-state index contributed by atoms with van der Waals surface area (Å²) in [6.07, 6.45) is 0. The number of aromatic amines is 1. The molecule has 0 aliphatic heterocycles. The summed E-state index contributed by atoms with van der Waals surface area (Å²) in [6.45, 7) is 3.48. The van der Waals surface area contributed by atoms with Crippen molar-refractivity contribution in [2.24, 2.45) is 5.73 Å². The molecule has 0 saturated heterocycles. The molecule has 0 aliphatic carbocycles. The number of H-pyrrole nitrogens is 1. The summed E-state index contributed by atoms with van der Waals surface area (Å²) in [7, 11) is 0. The number of primary amides is 1. The summed E-state index contributed by atoms with van der Waals surface area (Å²) in [4.78, 5) is 38.7. The maximum absolute atomic E-state index is 12.6. The summed E-state index contributed by atoms with van der Waals surface area (Å²) < 4.78 is 0. The second-order valence-electron chi connectivity index (χ2n) is 6.61. The number of carbonyl (C=O) groups is 2. The largest absolute Gasteiger partial charge is 0.369 e. The first-order chi connectivity index (χ1) is 12.3. The van der Waals surface area contributed by atoms with Crippen molar-refractivity contribution in [2.75, 3.05) is 5.32 Å². The van der Waals surface area contributed by atoms with Gasteiger partial charge in [0.2, 0.25) is 11.5 Å². The molecule has 132 valence electrons. The van der Waals surface area contributed by atoms with Crippen LogP contribution >= 0.6 is 0 Å². The molecule has 3 aromatic rings. The fraction of sp³-hybridized carbons (Fsp3) is 0.150. The third-order valence-corrected chi connectivity index (χ3v) is 4.48. The van der Waals surface area contributed by atoms with Gasteiger partial charge < -0.3 is 16.0 Å². The molecule has 0 aliphatic rings. The van der Waals surface area contributed by atoms with Gasteiger partial charge in [0, 0.05) is 22.7 Å². The topological polar surface area (TPSA) is 105 Å². The van der Waals surface area contributed by atoms with Crippen molar-refractivity contribution in [3.63, 3.8) is 0 Å². The van der Waals surface area contributed by atoms with E-state index < -0.39 is 11.3 Å². The van der Waals surface area contributed by atoms with E-state index in [9.17, 15) is 14.4 Å². The van der Waals surface area contributed by atoms with Gasteiger partial charge in [0.15, 0.2) is 0 Å². The number of hydrogen-bond donors (Lipinski definition) is 3. The van der Waals surface area contributed by atoms with Crippen molar-refractivity contribution in [3.8, 4) is 0 Å². The lowest BCUT2D eigenvalue weighted by Crippen LogP contribution is -2.35. The minimum Gasteiger partial charge on any atom is -0.369 e. The molecule has 0 atom stereocenters. The highest BCUT2D eigenvalue weighted by molar-refractivity contribution is 6.12. The molecule has 6 nitrogen and oxygen atoms in total. The first-order valence-electron chi connectivity index (χ1n) is 8.13. The molecule has 0 unspecified atom stereocenters. The van der Waals surface area contributed by atoms with E-state index >= 15 is 0 Å². The van der Waals surface area contributed by atoms with Crippen LogP contribution in [0.25, 0.3) is 10.9 Å². The number of nitrogens with two attached hydrogens (primary N) is 1. The van der Waals surface area contributed by atoms with Gasteiger partial charge in [0.1, 0.15) is 0 Å². The smallest absolute Gasteiger partial charge is 0.256 e. The third-order valence-electron chi connectivity index (χ3n) is 4.48. The number of nitrogens with one attached hydrogen (secondary N) is 2. The maximum Gasteiger partial charge on any atom is 0.256 e. The first-order valence-corrected chi connectivity index (χ1v) is 8.13. The van der Waals surface area contributed by atoms with E-state index in [1.807, 2.05) is 0 Å². The summed E-state index contributed by atoms with van der Waals surface area (Å²) in [6, 6.07) is 15.3. The lowest BCUT2D eigenvalue weighted by molar-refractivity contribution is -0.122. The van der Waals surface area contributed by atoms with Gasteiger partial charge in [-0.2, -0.15) is 0 Å². The van der Waals surface area contributed by atoms with E-state index in [0.29, 0.717) is 22.2 Å². The van der Waals surface area contributed by atoms with Gasteiger partial charge in [-0.25, -0.2) is 0 Å². The Morgan fingerprint density at radius 3 is 2.35 bits per heavy atom. The molecule has 4 N–H and O–H groups in total. The molecule has 6 heteroatoms. The molecule has 3 rings (SSSR count). The lowest BCUT2D eigenvalue weighted by atomic mass is 9.84. The molecule has 26 heavy (non-hydrogen) atoms. The van der Waals surface area contributed by atoms with Crippen LogP contribution in [0.4, 0.5) is 5.69 Å². The average Bonchev–Trinajstić information content (AvgIpc) is 2.61. The summed E-state index contributed by atoms with van der Waals surface area (Å²) in [5, 5.41) is 3.44. The Balaban J connectivity index is 1.90. The summed E-state index contributed by atoms with van der Waals surface area (Å²) >= 11 is 0. The zero-order valence-electron chi connectivity index (χ0n) is 14.5. The second kappa shape index (κ2) is 6.48. The van der Waals surface area contributed by atoms with E-state index in [-0.39, 0.29) is 11.5 Å². The number of hydrogen-bond acceptors (Lipinski definition) is 3. The molecular formula is C20H19N3O3. The standard InChI is InChI=1S/C20H19N3O3/c1-20(2,19(21)26)12-7-9-13(10-8-12)22-18(25)15-11-17(24)23-16-6-4-3-5-14(15)16/h3-11H,1-2H3,(H2,21,26)(H,22,25)(H,23,24). The van der Waals surface area contributed by atoms with Crippen LogP contribution in [0.15, 0.2) is 59.4 Å². The average molecular weight is 349 g/mol. The normalized spacial score (nSPS) is 11.3. The second-order valence-corrected chi connectivity index (χ2v) is 6.61. The Kier molecular flexibility index (Phi) is 4.34. The Labute approximate surface area is 150 Å². The SMILES string of the molecule is CC(C)(C(N)=O)c1ccc(NC(=O)c2cc(=O)[nH]c3ccccc23)cc1. The molecule has 2 aromatic carbocycles. The lowest BCUT2D eigenvalue weighted by Gasteiger charge is -2.21. The third kappa shape index (κ3) is 3.21. The molecule has 0 saturated carbocycles. The Morgan fingerprint density at radius 2 is 1.69 bits per heavy atom. The van der Waals surface area contributed by atoms with Crippen LogP contribution in [0.3, 0.4) is 0 Å². The number of benzene rings is 2. The maximum atomic E-state index is 12.6. The summed E-state index contributed by atoms with van der Waals surface area (Å²) in [5.74, 6) is -0.807. The van der Waals surface area contributed by atoms with Crippen LogP contribution in [0, 0.1) is 0 Å². The molecular weight excluding hydrogens is 330 g/mol. The zero-order chi connectivity index (χ0) is 18.9. The van der Waals surface area contributed by atoms with E-state index in [1.165, 1.54) is 6.07 Å². The van der Waals surface area contributed by atoms with Crippen molar-refractivity contribution in [3.05, 3.63) is 76.1 Å². The van der Waals surface area contributed by atoms with Crippen LogP contribution in [0.2, 0.25) is 0 Å². The predicted octanol–water partition coefficient (Wildman–Crippen LogP) is 2.54. The number of carbonyl (C=O) groups excluding carboxylic acids is 2. The Bertz CT molecular complexity index is 1050. The minimum atomic E-state index is -0.800. The minimum absolute atomic E-state index is 0.297. The van der Waals surface area contributed by atoms with Gasteiger partial charge in [0.25, 0.3) is 5.91 Å². The molecule has 1 heterocycles. The number of aromatic nitrogens is 1. The number of fused-ring (bicyclic) bond motifs is 1. The van der Waals surface area contributed by atoms with Crippen molar-refractivity contribution in [1.29, 1.82) is 0 Å². The number of para-hydroxylation sites is 1. The Morgan fingerprint density at radius 1 is 1.04 bits per heavy atom. The molecule has 0 fully saturated rings. The van der Waals surface area contributed by atoms with Crippen LogP contribution in [-0.2, 0) is 10.2 Å². The molecule has 0 radical (unpaired) electrons. The van der Waals surface area contributed by atoms with Gasteiger partial charge in [-0.3, -0.25) is 14.4 Å². The first kappa shape index (κ1) is 17.4. The molecule has 2 amide bonds. The molecule has 0 spiro atoms. The number of amides is 2. The van der Waals surface area contributed by atoms with Crippen LogP contribution in [-0.4, -0.2) is 16.8 Å². The highest BCUT2D eigenvalue weighted by Crippen LogP contribution is 2.24. The number of pyridine rings is 1. The highest BCUT2D eigenvalue weighted by atomic mass is 16.2. The zero-order valence-corrected chi connectivity index (χ0v) is 14.5. The van der Waals surface area contributed by atoms with Crippen LogP contribution in [0.1, 0.15) is 29.8 Å². The molecule has 0 bridgehead atoms. The van der Waals surface area contributed by atoms with Crippen molar-refractivity contribution in [2.45, 2.75) is 19.3 Å². The Hall–Kier alpha value is -3.41. The fourth-order valence-electron chi connectivity index (χ4n) is 2.70. The van der Waals surface area contributed by atoms with E-state index in [2.05, 4.69) is 10.3 Å². The quantitative estimate of drug-likeness (QED) is 0.674. The van der Waals surface area contributed by atoms with Gasteiger partial charge >= 0.3 is 0 Å². The van der Waals surface area contributed by atoms with Crippen molar-refractivity contribution in [1.82, 2.24) is 4.98 Å². The number of rotatable bonds is 4. The van der Waals surface area contributed by atoms with Gasteiger partial charge in [-0.1, -0.05) is 30.3 Å². The monoisotopic (exact) mass is 349 g/mol. The molecule has 1 aromatic heterocycles. The van der Waals surface area contributed by atoms with Crippen molar-refractivity contribution >= 4 is 28.4 Å². The van der Waals surface area contributed by atoms with E-state index in [1.54, 1.807) is 62.4 Å². The van der Waals surface area contributed by atoms with Gasteiger partial charge in [-0.05, 0) is 37.6 Å². The van der Waals surface area contributed by atoms with E-state index in [4.69, 9.17) is 5.73 Å².